The van der Waals surface area contributed by atoms with Crippen LogP contribution in [0, 0.1) is 0 Å². The first-order valence-corrected chi connectivity index (χ1v) is 10.2. The zero-order valence-corrected chi connectivity index (χ0v) is 18.0. The highest BCUT2D eigenvalue weighted by Crippen LogP contribution is 2.39. The normalized spacial score (nSPS) is 11.5. The molecule has 11 heteroatoms. The van der Waals surface area contributed by atoms with Gasteiger partial charge in [-0.3, -0.25) is 9.59 Å². The number of benzene rings is 2. The number of aromatic nitrogens is 3. The minimum absolute atomic E-state index is 0.0160. The van der Waals surface area contributed by atoms with Crippen molar-refractivity contribution in [1.82, 2.24) is 14.5 Å². The quantitative estimate of drug-likeness (QED) is 0.289. The second-order valence-corrected chi connectivity index (χ2v) is 7.78. The Morgan fingerprint density at radius 2 is 1.82 bits per heavy atom. The van der Waals surface area contributed by atoms with Crippen molar-refractivity contribution in [3.05, 3.63) is 87.9 Å². The van der Waals surface area contributed by atoms with Crippen molar-refractivity contribution in [3.8, 4) is 0 Å². The molecule has 0 aliphatic heterocycles. The van der Waals surface area contributed by atoms with Crippen molar-refractivity contribution >= 4 is 51.6 Å². The van der Waals surface area contributed by atoms with Gasteiger partial charge in [0, 0.05) is 33.7 Å². The van der Waals surface area contributed by atoms with Gasteiger partial charge in [-0.2, -0.15) is 13.2 Å². The molecule has 0 aliphatic rings. The summed E-state index contributed by atoms with van der Waals surface area (Å²) in [6.07, 6.45) is -2.50. The predicted octanol–water partition coefficient (Wildman–Crippen LogP) is 5.63. The number of nitrogens with zero attached hydrogens (tertiary/aromatic N) is 3. The molecule has 4 aromatic rings. The first kappa shape index (κ1) is 22.8. The molecule has 2 aromatic carbocycles. The van der Waals surface area contributed by atoms with Crippen molar-refractivity contribution in [2.24, 2.45) is 0 Å². The third-order valence-electron chi connectivity index (χ3n) is 4.84. The molecule has 2 heterocycles. The van der Waals surface area contributed by atoms with Crippen LogP contribution in [0.2, 0.25) is 10.0 Å². The molecular formula is C22H13Cl2F3N4O2. The predicted molar refractivity (Wildman–Crippen MR) is 117 cm³/mol. The van der Waals surface area contributed by atoms with E-state index in [1.807, 2.05) is 0 Å². The maximum absolute atomic E-state index is 14.3. The summed E-state index contributed by atoms with van der Waals surface area (Å²) >= 11 is 12.1. The molecule has 0 saturated carbocycles. The summed E-state index contributed by atoms with van der Waals surface area (Å²) in [7, 11) is 0. The van der Waals surface area contributed by atoms with Crippen LogP contribution >= 0.6 is 23.2 Å². The van der Waals surface area contributed by atoms with Crippen LogP contribution in [-0.2, 0) is 17.5 Å². The number of fused-ring (bicyclic) bond motifs is 1. The highest BCUT2D eigenvalue weighted by molar-refractivity contribution is 6.48. The van der Waals surface area contributed by atoms with Gasteiger partial charge in [0.2, 0.25) is 0 Å². The van der Waals surface area contributed by atoms with E-state index in [1.54, 1.807) is 0 Å². The molecule has 0 fully saturated rings. The zero-order valence-electron chi connectivity index (χ0n) is 16.5. The first-order valence-electron chi connectivity index (χ1n) is 9.41. The zero-order chi connectivity index (χ0) is 23.8. The van der Waals surface area contributed by atoms with Gasteiger partial charge in [-0.15, -0.1) is 0 Å². The molecule has 4 rings (SSSR count). The lowest BCUT2D eigenvalue weighted by Crippen LogP contribution is -2.26. The number of rotatable bonds is 5. The van der Waals surface area contributed by atoms with Crippen molar-refractivity contribution in [1.29, 1.82) is 0 Å². The third kappa shape index (κ3) is 4.55. The molecule has 6 nitrogen and oxygen atoms in total. The Kier molecular flexibility index (Phi) is 6.09. The minimum atomic E-state index is -4.95. The highest BCUT2D eigenvalue weighted by Gasteiger charge is 2.42. The molecule has 1 N–H and O–H groups in total. The van der Waals surface area contributed by atoms with Crippen LogP contribution < -0.4 is 5.32 Å². The lowest BCUT2D eigenvalue weighted by Gasteiger charge is -2.15. The fourth-order valence-corrected chi connectivity index (χ4v) is 3.93. The van der Waals surface area contributed by atoms with Crippen LogP contribution in [0.5, 0.6) is 0 Å². The van der Waals surface area contributed by atoms with E-state index in [0.29, 0.717) is 10.6 Å². The number of ketones is 1. The molecular weight excluding hydrogens is 480 g/mol. The molecule has 0 atom stereocenters. The Hall–Kier alpha value is -3.43. The number of alkyl halides is 3. The summed E-state index contributed by atoms with van der Waals surface area (Å²) in [6, 6.07) is 11.5. The fourth-order valence-electron chi connectivity index (χ4n) is 3.46. The van der Waals surface area contributed by atoms with Gasteiger partial charge in [0.25, 0.3) is 11.7 Å². The van der Waals surface area contributed by atoms with Gasteiger partial charge in [0.15, 0.2) is 0 Å². The summed E-state index contributed by atoms with van der Waals surface area (Å²) in [6.45, 7) is -0.299. The van der Waals surface area contributed by atoms with Gasteiger partial charge in [-0.05, 0) is 29.8 Å². The Balaban J connectivity index is 1.87. The van der Waals surface area contributed by atoms with Crippen LogP contribution in [0.25, 0.3) is 10.9 Å². The molecule has 1 amide bonds. The van der Waals surface area contributed by atoms with Crippen LogP contribution in [0.15, 0.2) is 61.1 Å². The minimum Gasteiger partial charge on any atom is -0.332 e. The van der Waals surface area contributed by atoms with Crippen LogP contribution in [0.3, 0.4) is 0 Å². The van der Waals surface area contributed by atoms with Gasteiger partial charge < -0.3 is 9.88 Å². The fraction of sp³-hybridized carbons (Fsp3) is 0.0909. The highest BCUT2D eigenvalue weighted by atomic mass is 35.5. The van der Waals surface area contributed by atoms with E-state index in [-0.39, 0.29) is 28.3 Å². The molecule has 0 aliphatic carbocycles. The maximum atomic E-state index is 14.3. The summed E-state index contributed by atoms with van der Waals surface area (Å²) in [5.41, 5.74) is -1.53. The number of para-hydroxylation sites is 1. The van der Waals surface area contributed by atoms with Gasteiger partial charge in [0.05, 0.1) is 5.56 Å². The molecule has 0 spiro atoms. The van der Waals surface area contributed by atoms with Gasteiger partial charge in [-0.25, -0.2) is 9.97 Å². The average Bonchev–Trinajstić information content (AvgIpc) is 3.10. The number of hydrogen-bond acceptors (Lipinski definition) is 4. The van der Waals surface area contributed by atoms with E-state index >= 15 is 0 Å². The molecule has 0 radical (unpaired) electrons. The Morgan fingerprint density at radius 1 is 1.06 bits per heavy atom. The Labute approximate surface area is 195 Å². The first-order chi connectivity index (χ1) is 15.7. The number of carbonyl (C=O) groups excluding carboxylic acids is 2. The second-order valence-electron chi connectivity index (χ2n) is 6.94. The van der Waals surface area contributed by atoms with Crippen molar-refractivity contribution in [3.63, 3.8) is 0 Å². The topological polar surface area (TPSA) is 76.9 Å². The van der Waals surface area contributed by atoms with Gasteiger partial charge in [0.1, 0.15) is 17.8 Å². The van der Waals surface area contributed by atoms with Crippen molar-refractivity contribution in [2.45, 2.75) is 12.7 Å². The van der Waals surface area contributed by atoms with Crippen molar-refractivity contribution in [2.75, 3.05) is 5.32 Å². The van der Waals surface area contributed by atoms with E-state index in [0.717, 1.165) is 10.9 Å². The average molecular weight is 493 g/mol. The van der Waals surface area contributed by atoms with Gasteiger partial charge >= 0.3 is 6.18 Å². The molecule has 0 unspecified atom stereocenters. The summed E-state index contributed by atoms with van der Waals surface area (Å²) in [5.74, 6) is -2.63. The van der Waals surface area contributed by atoms with E-state index in [2.05, 4.69) is 15.3 Å². The number of carbonyl (C=O) groups is 2. The standard InChI is InChI=1S/C22H13Cl2F3N4O2/c23-13-6-5-12(15(24)9-13)10-31-16-4-2-1-3-14(16)18(20(31)22(25,26)27)19(32)21(33)30-17-7-8-28-11-29-17/h1-9,11H,10H2,(H,28,29,30,33). The Morgan fingerprint density at radius 3 is 2.48 bits per heavy atom. The van der Waals surface area contributed by atoms with Crippen molar-refractivity contribution < 1.29 is 22.8 Å². The number of Topliss-reactive ketones (excluding diaryl/α,β-unsaturated/α-hetero) is 1. The maximum Gasteiger partial charge on any atom is 0.432 e. The lowest BCUT2D eigenvalue weighted by atomic mass is 10.1. The Bertz CT molecular complexity index is 1370. The largest absolute Gasteiger partial charge is 0.432 e. The number of hydrogen-bond donors (Lipinski definition) is 1. The second kappa shape index (κ2) is 8.84. The molecule has 33 heavy (non-hydrogen) atoms. The van der Waals surface area contributed by atoms with Crippen LogP contribution in [0.4, 0.5) is 19.0 Å². The molecule has 0 bridgehead atoms. The van der Waals surface area contributed by atoms with Crippen LogP contribution in [0.1, 0.15) is 21.6 Å². The monoisotopic (exact) mass is 492 g/mol. The molecule has 0 saturated heterocycles. The number of amides is 1. The summed E-state index contributed by atoms with van der Waals surface area (Å²) in [4.78, 5) is 33.0. The van der Waals surface area contributed by atoms with Gasteiger partial charge in [-0.1, -0.05) is 47.5 Å². The SMILES string of the molecule is O=C(Nc1ccncn1)C(=O)c1c(C(F)(F)F)n(Cc2ccc(Cl)cc2Cl)c2ccccc12. The molecule has 2 aromatic heterocycles. The van der Waals surface area contributed by atoms with E-state index in [1.165, 1.54) is 54.7 Å². The third-order valence-corrected chi connectivity index (χ3v) is 5.43. The number of halogens is 5. The number of anilines is 1. The van der Waals surface area contributed by atoms with Crippen LogP contribution in [-0.4, -0.2) is 26.2 Å². The summed E-state index contributed by atoms with van der Waals surface area (Å²) in [5, 5.41) is 2.69. The number of nitrogens with one attached hydrogen (secondary N) is 1. The smallest absolute Gasteiger partial charge is 0.332 e. The molecule has 168 valence electrons. The van der Waals surface area contributed by atoms with E-state index in [4.69, 9.17) is 23.2 Å². The van der Waals surface area contributed by atoms with E-state index in [9.17, 15) is 22.8 Å². The lowest BCUT2D eigenvalue weighted by molar-refractivity contribution is -0.143. The van der Waals surface area contributed by atoms with E-state index < -0.39 is 29.1 Å². The summed E-state index contributed by atoms with van der Waals surface area (Å²) < 4.78 is 43.8.